The third-order valence-electron chi connectivity index (χ3n) is 3.33. The van der Waals surface area contributed by atoms with Gasteiger partial charge >= 0.3 is 5.76 Å². The molecule has 1 saturated heterocycles. The number of oxazole rings is 1. The van der Waals surface area contributed by atoms with Crippen molar-refractivity contribution in [3.8, 4) is 5.75 Å². The number of morpholine rings is 1. The molecule has 0 aromatic carbocycles. The second-order valence-corrected chi connectivity index (χ2v) is 5.18. The molecule has 2 aromatic rings. The second kappa shape index (κ2) is 6.85. The van der Waals surface area contributed by atoms with Crippen LogP contribution in [0.5, 0.6) is 5.75 Å². The first-order valence-electron chi connectivity index (χ1n) is 6.99. The van der Waals surface area contributed by atoms with Crippen molar-refractivity contribution in [3.63, 3.8) is 0 Å². The van der Waals surface area contributed by atoms with Gasteiger partial charge in [0.2, 0.25) is 0 Å². The van der Waals surface area contributed by atoms with E-state index in [1.54, 1.807) is 12.3 Å². The normalized spacial score (nSPS) is 15.0. The average Bonchev–Trinajstić information content (AvgIpc) is 2.93. The summed E-state index contributed by atoms with van der Waals surface area (Å²) in [4.78, 5) is 17.7. The number of halogens is 1. The summed E-state index contributed by atoms with van der Waals surface area (Å²) in [6.45, 7) is 3.64. The molecule has 0 unspecified atom stereocenters. The zero-order valence-corrected chi connectivity index (χ0v) is 12.7. The summed E-state index contributed by atoms with van der Waals surface area (Å²) in [5.74, 6) is 0.995. The summed E-state index contributed by atoms with van der Waals surface area (Å²) in [5, 5.41) is 0.375. The van der Waals surface area contributed by atoms with Gasteiger partial charge in [-0.15, -0.1) is 0 Å². The Bertz CT molecular complexity index is 679. The van der Waals surface area contributed by atoms with Crippen molar-refractivity contribution in [2.45, 2.75) is 6.54 Å². The molecule has 1 aliphatic heterocycles. The first-order chi connectivity index (χ1) is 10.7. The fourth-order valence-electron chi connectivity index (χ4n) is 2.22. The SMILES string of the molecule is O=c1occn1CCOc1cc(Cl)nc(N2CCOCC2)c1. The number of rotatable bonds is 5. The fraction of sp³-hybridized carbons (Fsp3) is 0.429. The van der Waals surface area contributed by atoms with E-state index in [1.807, 2.05) is 6.07 Å². The molecule has 3 rings (SSSR count). The number of pyridine rings is 1. The lowest BCUT2D eigenvalue weighted by atomic mass is 10.3. The molecular formula is C14H16ClN3O4. The third-order valence-corrected chi connectivity index (χ3v) is 3.53. The third kappa shape index (κ3) is 3.61. The Labute approximate surface area is 132 Å². The van der Waals surface area contributed by atoms with Crippen LogP contribution >= 0.6 is 11.6 Å². The van der Waals surface area contributed by atoms with Crippen LogP contribution < -0.4 is 15.4 Å². The Morgan fingerprint density at radius 1 is 1.32 bits per heavy atom. The van der Waals surface area contributed by atoms with E-state index >= 15 is 0 Å². The van der Waals surface area contributed by atoms with E-state index < -0.39 is 5.76 Å². The van der Waals surface area contributed by atoms with Crippen LogP contribution in [0.1, 0.15) is 0 Å². The first kappa shape index (κ1) is 14.9. The zero-order chi connectivity index (χ0) is 15.4. The molecule has 8 heteroatoms. The molecule has 0 aliphatic carbocycles. The highest BCUT2D eigenvalue weighted by Crippen LogP contribution is 2.24. The van der Waals surface area contributed by atoms with Crippen molar-refractivity contribution in [3.05, 3.63) is 40.3 Å². The topological polar surface area (TPSA) is 69.7 Å². The van der Waals surface area contributed by atoms with Gasteiger partial charge in [0.15, 0.2) is 0 Å². The van der Waals surface area contributed by atoms with Gasteiger partial charge in [-0.25, -0.2) is 9.78 Å². The van der Waals surface area contributed by atoms with Crippen molar-refractivity contribution in [1.29, 1.82) is 0 Å². The summed E-state index contributed by atoms with van der Waals surface area (Å²) in [6.07, 6.45) is 2.92. The minimum atomic E-state index is -0.398. The van der Waals surface area contributed by atoms with Crippen LogP contribution in [0.15, 0.2) is 33.8 Å². The molecular weight excluding hydrogens is 310 g/mol. The van der Waals surface area contributed by atoms with Gasteiger partial charge in [0.1, 0.15) is 29.6 Å². The van der Waals surface area contributed by atoms with E-state index in [-0.39, 0.29) is 0 Å². The minimum Gasteiger partial charge on any atom is -0.491 e. The number of aromatic nitrogens is 2. The average molecular weight is 326 g/mol. The lowest BCUT2D eigenvalue weighted by Gasteiger charge is -2.28. The Balaban J connectivity index is 1.64. The van der Waals surface area contributed by atoms with Gasteiger partial charge in [-0.05, 0) is 0 Å². The minimum absolute atomic E-state index is 0.336. The number of anilines is 1. The molecule has 2 aromatic heterocycles. The maximum absolute atomic E-state index is 11.3. The summed E-state index contributed by atoms with van der Waals surface area (Å²) >= 11 is 6.05. The highest BCUT2D eigenvalue weighted by Gasteiger charge is 2.14. The number of hydrogen-bond donors (Lipinski definition) is 0. The standard InChI is InChI=1S/C14H16ClN3O4/c15-12-9-11(21-7-3-18-4-8-22-14(18)19)10-13(16-12)17-1-5-20-6-2-17/h4,8-10H,1-3,5-7H2. The lowest BCUT2D eigenvalue weighted by Crippen LogP contribution is -2.36. The van der Waals surface area contributed by atoms with Gasteiger partial charge in [0.05, 0.1) is 19.8 Å². The quantitative estimate of drug-likeness (QED) is 0.774. The number of nitrogens with zero attached hydrogens (tertiary/aromatic N) is 3. The van der Waals surface area contributed by atoms with Crippen molar-refractivity contribution in [2.24, 2.45) is 0 Å². The molecule has 3 heterocycles. The van der Waals surface area contributed by atoms with Crippen molar-refractivity contribution < 1.29 is 13.9 Å². The van der Waals surface area contributed by atoms with E-state index in [2.05, 4.69) is 14.3 Å². The van der Waals surface area contributed by atoms with E-state index in [9.17, 15) is 4.79 Å². The summed E-state index contributed by atoms with van der Waals surface area (Å²) in [6, 6.07) is 3.50. The van der Waals surface area contributed by atoms with Gasteiger partial charge in [0, 0.05) is 31.4 Å². The molecule has 0 spiro atoms. The van der Waals surface area contributed by atoms with E-state index in [4.69, 9.17) is 21.1 Å². The second-order valence-electron chi connectivity index (χ2n) is 4.79. The van der Waals surface area contributed by atoms with Gasteiger partial charge in [-0.2, -0.15) is 0 Å². The van der Waals surface area contributed by atoms with Crippen molar-refractivity contribution >= 4 is 17.4 Å². The Morgan fingerprint density at radius 2 is 2.14 bits per heavy atom. The van der Waals surface area contributed by atoms with Crippen LogP contribution in [0.25, 0.3) is 0 Å². The number of ether oxygens (including phenoxy) is 2. The zero-order valence-electron chi connectivity index (χ0n) is 11.9. The Morgan fingerprint density at radius 3 is 2.86 bits per heavy atom. The molecule has 0 saturated carbocycles. The van der Waals surface area contributed by atoms with Crippen LogP contribution in [0.3, 0.4) is 0 Å². The van der Waals surface area contributed by atoms with Gasteiger partial charge < -0.3 is 18.8 Å². The Hall–Kier alpha value is -1.99. The molecule has 0 N–H and O–H groups in total. The van der Waals surface area contributed by atoms with E-state index in [0.717, 1.165) is 18.9 Å². The fourth-order valence-corrected chi connectivity index (χ4v) is 2.41. The molecule has 7 nitrogen and oxygen atoms in total. The summed E-state index contributed by atoms with van der Waals surface area (Å²) < 4.78 is 17.1. The predicted octanol–water partition coefficient (Wildman–Crippen LogP) is 1.41. The smallest absolute Gasteiger partial charge is 0.418 e. The molecule has 0 bridgehead atoms. The molecule has 0 amide bonds. The van der Waals surface area contributed by atoms with Crippen LogP contribution in [0, 0.1) is 0 Å². The number of hydrogen-bond acceptors (Lipinski definition) is 6. The maximum Gasteiger partial charge on any atom is 0.418 e. The van der Waals surface area contributed by atoms with E-state index in [0.29, 0.717) is 37.3 Å². The van der Waals surface area contributed by atoms with Gasteiger partial charge in [-0.3, -0.25) is 4.57 Å². The van der Waals surface area contributed by atoms with E-state index in [1.165, 1.54) is 10.8 Å². The maximum atomic E-state index is 11.3. The van der Waals surface area contributed by atoms with Gasteiger partial charge in [-0.1, -0.05) is 11.6 Å². The molecule has 0 atom stereocenters. The monoisotopic (exact) mass is 325 g/mol. The molecule has 1 fully saturated rings. The van der Waals surface area contributed by atoms with Crippen molar-refractivity contribution in [1.82, 2.24) is 9.55 Å². The molecule has 22 heavy (non-hydrogen) atoms. The largest absolute Gasteiger partial charge is 0.491 e. The highest BCUT2D eigenvalue weighted by molar-refractivity contribution is 6.29. The summed E-state index contributed by atoms with van der Waals surface area (Å²) in [7, 11) is 0. The van der Waals surface area contributed by atoms with Crippen LogP contribution in [-0.4, -0.2) is 42.5 Å². The van der Waals surface area contributed by atoms with Crippen LogP contribution in [0.4, 0.5) is 5.82 Å². The summed E-state index contributed by atoms with van der Waals surface area (Å²) in [5.41, 5.74) is 0. The van der Waals surface area contributed by atoms with Crippen LogP contribution in [-0.2, 0) is 11.3 Å². The Kier molecular flexibility index (Phi) is 4.65. The van der Waals surface area contributed by atoms with Gasteiger partial charge in [0.25, 0.3) is 0 Å². The highest BCUT2D eigenvalue weighted by atomic mass is 35.5. The molecule has 118 valence electrons. The lowest BCUT2D eigenvalue weighted by molar-refractivity contribution is 0.122. The van der Waals surface area contributed by atoms with Crippen LogP contribution in [0.2, 0.25) is 5.15 Å². The van der Waals surface area contributed by atoms with Crippen molar-refractivity contribution in [2.75, 3.05) is 37.8 Å². The first-order valence-corrected chi connectivity index (χ1v) is 7.37. The molecule has 1 aliphatic rings. The molecule has 0 radical (unpaired) electrons. The predicted molar refractivity (Wildman–Crippen MR) is 80.7 cm³/mol.